The first-order valence-electron chi connectivity index (χ1n) is 9.36. The molecule has 4 atom stereocenters. The van der Waals surface area contributed by atoms with E-state index in [1.807, 2.05) is 12.2 Å². The Labute approximate surface area is 156 Å². The van der Waals surface area contributed by atoms with Crippen molar-refractivity contribution in [2.45, 2.75) is 44.9 Å². The molecular formula is C20H22N2O3S. The SMILES string of the molecule is N#Cc1c(NC(=O)C2C3C=CC(CC3)C2C(=O)O)sc2c1CCCCC2. The van der Waals surface area contributed by atoms with Gasteiger partial charge in [0.25, 0.3) is 0 Å². The Morgan fingerprint density at radius 3 is 2.46 bits per heavy atom. The largest absolute Gasteiger partial charge is 0.481 e. The van der Waals surface area contributed by atoms with Crippen molar-refractivity contribution in [3.05, 3.63) is 28.2 Å². The van der Waals surface area contributed by atoms with Crippen molar-refractivity contribution in [3.8, 4) is 6.07 Å². The minimum atomic E-state index is -0.897. The van der Waals surface area contributed by atoms with Crippen LogP contribution in [0.4, 0.5) is 5.00 Å². The standard InChI is InChI=1S/C20H22N2O3S/c21-10-14-13-4-2-1-3-5-15(13)26-19(14)22-18(23)16-11-6-8-12(9-7-11)17(16)20(24)25/h6,8,11-12,16-17H,1-5,7,9H2,(H,22,23)(H,24,25). The number of aliphatic carboxylic acids is 1. The molecule has 0 aromatic carbocycles. The van der Waals surface area contributed by atoms with E-state index in [0.29, 0.717) is 10.6 Å². The predicted molar refractivity (Wildman–Crippen MR) is 98.9 cm³/mol. The molecule has 136 valence electrons. The molecule has 2 bridgehead atoms. The van der Waals surface area contributed by atoms with E-state index in [0.717, 1.165) is 44.1 Å². The summed E-state index contributed by atoms with van der Waals surface area (Å²) in [7, 11) is 0. The lowest BCUT2D eigenvalue weighted by Gasteiger charge is -2.41. The number of hydrogen-bond acceptors (Lipinski definition) is 4. The number of hydrogen-bond donors (Lipinski definition) is 2. The Hall–Kier alpha value is -2.13. The van der Waals surface area contributed by atoms with Gasteiger partial charge in [0.15, 0.2) is 0 Å². The molecule has 1 aromatic rings. The number of nitrogens with one attached hydrogen (secondary N) is 1. The highest BCUT2D eigenvalue weighted by molar-refractivity contribution is 7.16. The first-order chi connectivity index (χ1) is 12.6. The van der Waals surface area contributed by atoms with Crippen LogP contribution in [0, 0.1) is 35.0 Å². The maximum absolute atomic E-state index is 13.0. The number of rotatable bonds is 3. The van der Waals surface area contributed by atoms with Crippen LogP contribution >= 0.6 is 11.3 Å². The molecule has 4 aliphatic rings. The summed E-state index contributed by atoms with van der Waals surface area (Å²) in [6.45, 7) is 0. The number of nitriles is 1. The molecule has 1 heterocycles. The van der Waals surface area contributed by atoms with Crippen molar-refractivity contribution >= 4 is 28.2 Å². The van der Waals surface area contributed by atoms with Crippen molar-refractivity contribution in [1.29, 1.82) is 5.26 Å². The Morgan fingerprint density at radius 2 is 1.81 bits per heavy atom. The molecule has 4 aliphatic carbocycles. The first-order valence-corrected chi connectivity index (χ1v) is 10.2. The zero-order valence-electron chi connectivity index (χ0n) is 14.5. The molecule has 1 fully saturated rings. The summed E-state index contributed by atoms with van der Waals surface area (Å²) in [6.07, 6.45) is 10.9. The van der Waals surface area contributed by atoms with Gasteiger partial charge in [0.2, 0.25) is 5.91 Å². The minimum absolute atomic E-state index is 0.0237. The van der Waals surface area contributed by atoms with Crippen molar-refractivity contribution in [2.75, 3.05) is 5.32 Å². The first kappa shape index (κ1) is 17.3. The number of thiophene rings is 1. The minimum Gasteiger partial charge on any atom is -0.481 e. The van der Waals surface area contributed by atoms with Crippen molar-refractivity contribution in [2.24, 2.45) is 23.7 Å². The van der Waals surface area contributed by atoms with Gasteiger partial charge in [-0.25, -0.2) is 0 Å². The van der Waals surface area contributed by atoms with Crippen molar-refractivity contribution in [1.82, 2.24) is 0 Å². The Bertz CT molecular complexity index is 820. The Kier molecular flexibility index (Phi) is 4.58. The highest BCUT2D eigenvalue weighted by Crippen LogP contribution is 2.46. The maximum Gasteiger partial charge on any atom is 0.307 e. The second-order valence-electron chi connectivity index (χ2n) is 7.55. The van der Waals surface area contributed by atoms with Crippen LogP contribution in [0.25, 0.3) is 0 Å². The number of carbonyl (C=O) groups is 2. The summed E-state index contributed by atoms with van der Waals surface area (Å²) in [5.74, 6) is -2.45. The molecule has 0 aliphatic heterocycles. The number of fused-ring (bicyclic) bond motifs is 3. The number of allylic oxidation sites excluding steroid dienone is 2. The maximum atomic E-state index is 13.0. The van der Waals surface area contributed by atoms with Gasteiger partial charge >= 0.3 is 5.97 Å². The van der Waals surface area contributed by atoms with Crippen LogP contribution in [0.2, 0.25) is 0 Å². The summed E-state index contributed by atoms with van der Waals surface area (Å²) >= 11 is 1.50. The van der Waals surface area contributed by atoms with E-state index in [2.05, 4.69) is 11.4 Å². The summed E-state index contributed by atoms with van der Waals surface area (Å²) in [5.41, 5.74) is 1.67. The number of carboxylic acids is 1. The van der Waals surface area contributed by atoms with E-state index in [-0.39, 0.29) is 17.7 Å². The third-order valence-corrected chi connectivity index (χ3v) is 7.31. The molecule has 5 nitrogen and oxygen atoms in total. The number of anilines is 1. The van der Waals surface area contributed by atoms with Crippen LogP contribution in [0.5, 0.6) is 0 Å². The normalized spacial score (nSPS) is 29.5. The van der Waals surface area contributed by atoms with Crippen LogP contribution < -0.4 is 5.32 Å². The van der Waals surface area contributed by atoms with Gasteiger partial charge in [0, 0.05) is 4.88 Å². The zero-order chi connectivity index (χ0) is 18.3. The van der Waals surface area contributed by atoms with Crippen LogP contribution in [0.15, 0.2) is 12.2 Å². The molecule has 2 N–H and O–H groups in total. The number of nitrogens with zero attached hydrogens (tertiary/aromatic N) is 1. The van der Waals surface area contributed by atoms with Gasteiger partial charge in [-0.05, 0) is 55.9 Å². The van der Waals surface area contributed by atoms with Gasteiger partial charge in [-0.3, -0.25) is 9.59 Å². The summed E-state index contributed by atoms with van der Waals surface area (Å²) in [5, 5.41) is 22.8. The smallest absolute Gasteiger partial charge is 0.307 e. The number of aryl methyl sites for hydroxylation is 1. The van der Waals surface area contributed by atoms with E-state index in [9.17, 15) is 20.0 Å². The fourth-order valence-corrected chi connectivity index (χ4v) is 6.08. The van der Waals surface area contributed by atoms with Crippen LogP contribution in [-0.4, -0.2) is 17.0 Å². The summed E-state index contributed by atoms with van der Waals surface area (Å²) in [4.78, 5) is 26.0. The fourth-order valence-electron chi connectivity index (χ4n) is 4.83. The second-order valence-corrected chi connectivity index (χ2v) is 8.65. The highest BCUT2D eigenvalue weighted by atomic mass is 32.1. The van der Waals surface area contributed by atoms with E-state index in [1.165, 1.54) is 22.6 Å². The lowest BCUT2D eigenvalue weighted by molar-refractivity contribution is -0.151. The predicted octanol–water partition coefficient (Wildman–Crippen LogP) is 3.74. The highest BCUT2D eigenvalue weighted by Gasteiger charge is 2.48. The van der Waals surface area contributed by atoms with Crippen LogP contribution in [0.1, 0.15) is 48.1 Å². The quantitative estimate of drug-likeness (QED) is 0.626. The molecular weight excluding hydrogens is 348 g/mol. The molecule has 1 saturated carbocycles. The molecule has 6 heteroatoms. The summed E-state index contributed by atoms with van der Waals surface area (Å²) in [6, 6.07) is 2.27. The molecule has 0 radical (unpaired) electrons. The van der Waals surface area contributed by atoms with E-state index < -0.39 is 17.8 Å². The average molecular weight is 370 g/mol. The lowest BCUT2D eigenvalue weighted by atomic mass is 9.62. The van der Waals surface area contributed by atoms with Gasteiger partial charge < -0.3 is 10.4 Å². The monoisotopic (exact) mass is 370 g/mol. The molecule has 0 spiro atoms. The number of amides is 1. The average Bonchev–Trinajstić information content (AvgIpc) is 2.81. The fraction of sp³-hybridized carbons (Fsp3) is 0.550. The molecule has 5 rings (SSSR count). The topological polar surface area (TPSA) is 90.2 Å². The zero-order valence-corrected chi connectivity index (χ0v) is 15.3. The number of carboxylic acid groups (broad SMARTS) is 1. The molecule has 4 unspecified atom stereocenters. The third-order valence-electron chi connectivity index (χ3n) is 6.11. The van der Waals surface area contributed by atoms with Gasteiger partial charge in [-0.15, -0.1) is 11.3 Å². The van der Waals surface area contributed by atoms with Crippen molar-refractivity contribution < 1.29 is 14.7 Å². The lowest BCUT2D eigenvalue weighted by Crippen LogP contribution is -2.47. The molecule has 26 heavy (non-hydrogen) atoms. The third kappa shape index (κ3) is 2.84. The summed E-state index contributed by atoms with van der Waals surface area (Å²) < 4.78 is 0. The van der Waals surface area contributed by atoms with Crippen LogP contribution in [-0.2, 0) is 22.4 Å². The van der Waals surface area contributed by atoms with Gasteiger partial charge in [-0.2, -0.15) is 5.26 Å². The van der Waals surface area contributed by atoms with E-state index in [4.69, 9.17) is 0 Å². The molecule has 0 saturated heterocycles. The molecule has 1 amide bonds. The van der Waals surface area contributed by atoms with E-state index >= 15 is 0 Å². The van der Waals surface area contributed by atoms with Crippen molar-refractivity contribution in [3.63, 3.8) is 0 Å². The van der Waals surface area contributed by atoms with Gasteiger partial charge in [0.1, 0.15) is 11.1 Å². The van der Waals surface area contributed by atoms with Gasteiger partial charge in [0.05, 0.1) is 17.4 Å². The molecule has 1 aromatic heterocycles. The Morgan fingerprint density at radius 1 is 1.12 bits per heavy atom. The Balaban J connectivity index is 1.62. The second kappa shape index (κ2) is 6.88. The van der Waals surface area contributed by atoms with Gasteiger partial charge in [-0.1, -0.05) is 18.6 Å². The van der Waals surface area contributed by atoms with E-state index in [1.54, 1.807) is 0 Å². The number of carbonyl (C=O) groups excluding carboxylic acids is 1. The van der Waals surface area contributed by atoms with Crippen LogP contribution in [0.3, 0.4) is 0 Å².